The molecular formula is C21H15Cl2FN2O3. The molecule has 2 aromatic carbocycles. The van der Waals surface area contributed by atoms with Crippen LogP contribution in [0.15, 0.2) is 36.4 Å². The predicted octanol–water partition coefficient (Wildman–Crippen LogP) is 5.13. The first-order chi connectivity index (χ1) is 13.9. The summed E-state index contributed by atoms with van der Waals surface area (Å²) in [6.45, 7) is 0. The third kappa shape index (κ3) is 3.43. The second-order valence-electron chi connectivity index (χ2n) is 6.79. The standard InChI is InChI=1S/C21H15Cl2FN2O3/c22-13-5-3-6-14(23)18(13)20(27)19-12-4-1-2-7-16(12)26(25-19)17-9-8-11(21(28)29)10-15(17)24/h3,5-6,8-10H,1-2,4,7H2,(H,28,29). The van der Waals surface area contributed by atoms with Crippen molar-refractivity contribution in [2.45, 2.75) is 25.7 Å². The number of nitrogens with zero attached hydrogens (tertiary/aromatic N) is 2. The van der Waals surface area contributed by atoms with Crippen LogP contribution in [0.4, 0.5) is 4.39 Å². The summed E-state index contributed by atoms with van der Waals surface area (Å²) in [5.41, 5.74) is 1.78. The second kappa shape index (κ2) is 7.61. The van der Waals surface area contributed by atoms with Gasteiger partial charge in [0.15, 0.2) is 0 Å². The lowest BCUT2D eigenvalue weighted by atomic mass is 9.93. The zero-order valence-corrected chi connectivity index (χ0v) is 16.6. The minimum Gasteiger partial charge on any atom is -0.478 e. The van der Waals surface area contributed by atoms with Crippen LogP contribution in [-0.2, 0) is 12.8 Å². The summed E-state index contributed by atoms with van der Waals surface area (Å²) in [7, 11) is 0. The number of rotatable bonds is 4. The van der Waals surface area contributed by atoms with Crippen LogP contribution in [0.1, 0.15) is 50.5 Å². The first kappa shape index (κ1) is 19.6. The SMILES string of the molecule is O=C(O)c1ccc(-n2nc(C(=O)c3c(Cl)cccc3Cl)c3c2CCCC3)c(F)c1. The maximum Gasteiger partial charge on any atom is 0.335 e. The Morgan fingerprint density at radius 1 is 1.07 bits per heavy atom. The molecule has 0 spiro atoms. The quantitative estimate of drug-likeness (QED) is 0.580. The van der Waals surface area contributed by atoms with Crippen molar-refractivity contribution in [3.63, 3.8) is 0 Å². The lowest BCUT2D eigenvalue weighted by Gasteiger charge is -2.14. The summed E-state index contributed by atoms with van der Waals surface area (Å²) < 4.78 is 16.1. The van der Waals surface area contributed by atoms with Crippen LogP contribution in [0.25, 0.3) is 5.69 Å². The molecule has 29 heavy (non-hydrogen) atoms. The van der Waals surface area contributed by atoms with E-state index in [9.17, 15) is 14.0 Å². The van der Waals surface area contributed by atoms with Crippen LogP contribution in [-0.4, -0.2) is 26.6 Å². The average Bonchev–Trinajstić information content (AvgIpc) is 3.07. The fraction of sp³-hybridized carbons (Fsp3) is 0.190. The number of ketones is 1. The number of hydrogen-bond acceptors (Lipinski definition) is 3. The number of aromatic nitrogens is 2. The van der Waals surface area contributed by atoms with Crippen molar-refractivity contribution in [2.24, 2.45) is 0 Å². The first-order valence-electron chi connectivity index (χ1n) is 9.01. The summed E-state index contributed by atoms with van der Waals surface area (Å²) in [5.74, 6) is -2.36. The number of fused-ring (bicyclic) bond motifs is 1. The molecule has 1 heterocycles. The smallest absolute Gasteiger partial charge is 0.335 e. The topological polar surface area (TPSA) is 72.2 Å². The van der Waals surface area contributed by atoms with Gasteiger partial charge in [-0.25, -0.2) is 13.9 Å². The van der Waals surface area contributed by atoms with E-state index in [1.165, 1.54) is 16.8 Å². The number of benzene rings is 2. The van der Waals surface area contributed by atoms with Gasteiger partial charge >= 0.3 is 5.97 Å². The number of carbonyl (C=O) groups is 2. The van der Waals surface area contributed by atoms with Crippen LogP contribution >= 0.6 is 23.2 Å². The molecule has 0 aliphatic heterocycles. The van der Waals surface area contributed by atoms with Crippen molar-refractivity contribution in [1.29, 1.82) is 0 Å². The van der Waals surface area contributed by atoms with E-state index in [1.54, 1.807) is 18.2 Å². The molecule has 1 aliphatic rings. The van der Waals surface area contributed by atoms with Crippen molar-refractivity contribution in [3.05, 3.63) is 80.3 Å². The summed E-state index contributed by atoms with van der Waals surface area (Å²) in [6, 6.07) is 8.42. The molecule has 8 heteroatoms. The maximum absolute atomic E-state index is 14.7. The Morgan fingerprint density at radius 3 is 2.41 bits per heavy atom. The average molecular weight is 433 g/mol. The zero-order valence-electron chi connectivity index (χ0n) is 15.1. The number of carboxylic acids is 1. The molecule has 0 radical (unpaired) electrons. The highest BCUT2D eigenvalue weighted by molar-refractivity contribution is 6.40. The van der Waals surface area contributed by atoms with Crippen LogP contribution in [0.3, 0.4) is 0 Å². The van der Waals surface area contributed by atoms with Gasteiger partial charge in [-0.2, -0.15) is 5.10 Å². The van der Waals surface area contributed by atoms with Gasteiger partial charge in [0.25, 0.3) is 0 Å². The molecule has 0 saturated carbocycles. The Labute approximate surface area is 175 Å². The van der Waals surface area contributed by atoms with E-state index in [0.29, 0.717) is 12.8 Å². The van der Waals surface area contributed by atoms with Gasteiger partial charge in [0, 0.05) is 11.3 Å². The molecule has 3 aromatic rings. The van der Waals surface area contributed by atoms with E-state index < -0.39 is 17.6 Å². The number of halogens is 3. The third-order valence-corrected chi connectivity index (χ3v) is 5.64. The van der Waals surface area contributed by atoms with E-state index >= 15 is 0 Å². The summed E-state index contributed by atoms with van der Waals surface area (Å²) >= 11 is 12.4. The molecule has 148 valence electrons. The van der Waals surface area contributed by atoms with Gasteiger partial charge in [0.1, 0.15) is 17.2 Å². The molecule has 1 aliphatic carbocycles. The molecule has 1 N–H and O–H groups in total. The number of carbonyl (C=O) groups excluding carboxylic acids is 1. The monoisotopic (exact) mass is 432 g/mol. The number of carboxylic acid groups (broad SMARTS) is 1. The molecule has 1 aromatic heterocycles. The molecule has 0 atom stereocenters. The van der Waals surface area contributed by atoms with Gasteiger partial charge in [-0.05, 0) is 56.0 Å². The van der Waals surface area contributed by atoms with Gasteiger partial charge in [-0.3, -0.25) is 4.79 Å². The molecule has 5 nitrogen and oxygen atoms in total. The summed E-state index contributed by atoms with van der Waals surface area (Å²) in [6.07, 6.45) is 3.03. The van der Waals surface area contributed by atoms with E-state index in [0.717, 1.165) is 30.2 Å². The molecule has 0 saturated heterocycles. The van der Waals surface area contributed by atoms with Crippen molar-refractivity contribution >= 4 is 35.0 Å². The summed E-state index contributed by atoms with van der Waals surface area (Å²) in [4.78, 5) is 24.3. The van der Waals surface area contributed by atoms with Gasteiger partial charge in [-0.15, -0.1) is 0 Å². The van der Waals surface area contributed by atoms with Gasteiger partial charge in [0.05, 0.1) is 21.2 Å². The largest absolute Gasteiger partial charge is 0.478 e. The van der Waals surface area contributed by atoms with E-state index in [1.807, 2.05) is 0 Å². The van der Waals surface area contributed by atoms with E-state index in [2.05, 4.69) is 5.10 Å². The zero-order chi connectivity index (χ0) is 20.7. The normalized spacial score (nSPS) is 13.2. The molecular weight excluding hydrogens is 418 g/mol. The first-order valence-corrected chi connectivity index (χ1v) is 9.76. The highest BCUT2D eigenvalue weighted by Gasteiger charge is 2.29. The predicted molar refractivity (Wildman–Crippen MR) is 107 cm³/mol. The summed E-state index contributed by atoms with van der Waals surface area (Å²) in [5, 5.41) is 13.9. The fourth-order valence-corrected chi connectivity index (χ4v) is 4.19. The Hall–Kier alpha value is -2.70. The molecule has 0 amide bonds. The lowest BCUT2D eigenvalue weighted by Crippen LogP contribution is -2.10. The van der Waals surface area contributed by atoms with Gasteiger partial charge < -0.3 is 5.11 Å². The Kier molecular flexibility index (Phi) is 5.15. The van der Waals surface area contributed by atoms with Crippen LogP contribution < -0.4 is 0 Å². The van der Waals surface area contributed by atoms with Crippen molar-refractivity contribution in [3.8, 4) is 5.69 Å². The van der Waals surface area contributed by atoms with E-state index in [4.69, 9.17) is 28.3 Å². The minimum atomic E-state index is -1.22. The van der Waals surface area contributed by atoms with Crippen molar-refractivity contribution in [1.82, 2.24) is 9.78 Å². The van der Waals surface area contributed by atoms with E-state index in [-0.39, 0.29) is 32.6 Å². The molecule has 0 fully saturated rings. The minimum absolute atomic E-state index is 0.0949. The lowest BCUT2D eigenvalue weighted by molar-refractivity contribution is 0.0696. The highest BCUT2D eigenvalue weighted by Crippen LogP contribution is 2.32. The highest BCUT2D eigenvalue weighted by atomic mass is 35.5. The van der Waals surface area contributed by atoms with Crippen LogP contribution in [0.2, 0.25) is 10.0 Å². The van der Waals surface area contributed by atoms with Crippen LogP contribution in [0, 0.1) is 5.82 Å². The van der Waals surface area contributed by atoms with Gasteiger partial charge in [0.2, 0.25) is 5.78 Å². The Balaban J connectivity index is 1.88. The second-order valence-corrected chi connectivity index (χ2v) is 7.60. The fourth-order valence-electron chi connectivity index (χ4n) is 3.63. The Morgan fingerprint density at radius 2 is 1.76 bits per heavy atom. The van der Waals surface area contributed by atoms with Crippen molar-refractivity contribution in [2.75, 3.05) is 0 Å². The molecule has 0 bridgehead atoms. The third-order valence-electron chi connectivity index (χ3n) is 5.01. The molecule has 4 rings (SSSR count). The Bertz CT molecular complexity index is 1140. The van der Waals surface area contributed by atoms with Crippen LogP contribution in [0.5, 0.6) is 0 Å². The molecule has 0 unspecified atom stereocenters. The number of aromatic carboxylic acids is 1. The number of hydrogen-bond donors (Lipinski definition) is 1. The van der Waals surface area contributed by atoms with Gasteiger partial charge in [-0.1, -0.05) is 29.3 Å². The maximum atomic E-state index is 14.7. The van der Waals surface area contributed by atoms with Crippen molar-refractivity contribution < 1.29 is 19.1 Å².